The second-order valence-corrected chi connectivity index (χ2v) is 15.0. The predicted octanol–water partition coefficient (Wildman–Crippen LogP) is 13.8. The van der Waals surface area contributed by atoms with Crippen LogP contribution in [-0.4, -0.2) is 15.0 Å². The normalized spacial score (nSPS) is 11.5. The lowest BCUT2D eigenvalue weighted by Gasteiger charge is -2.24. The van der Waals surface area contributed by atoms with Crippen molar-refractivity contribution in [2.24, 2.45) is 0 Å². The first kappa shape index (κ1) is 36.2. The Morgan fingerprint density at radius 1 is 0.306 bits per heavy atom. The van der Waals surface area contributed by atoms with E-state index >= 15 is 0 Å². The van der Waals surface area contributed by atoms with Gasteiger partial charge in [-0.25, -0.2) is 15.0 Å². The Labute approximate surface area is 357 Å². The zero-order valence-corrected chi connectivity index (χ0v) is 33.0. The standard InChI is InChI=1S/C55H31N5O2/c56-32-39-22-25-45(43-20-9-7-18-41(39)43)47-30-51-52(31-48(47)46-26-23-40(33-57)42-19-8-10-21-44(42)46)62-50-29-37(24-27-49(50)61-51)36-16-11-17-38(28-36)55-59-53(34-12-3-1-4-13-34)58-54(60-55)35-14-5-2-6-15-35/h1-31H. The van der Waals surface area contributed by atoms with Crippen LogP contribution in [0.3, 0.4) is 0 Å². The molecule has 0 fully saturated rings. The van der Waals surface area contributed by atoms with Crippen LogP contribution in [0, 0.1) is 22.7 Å². The second kappa shape index (κ2) is 15.0. The van der Waals surface area contributed by atoms with Gasteiger partial charge in [0.05, 0.1) is 23.3 Å². The van der Waals surface area contributed by atoms with Crippen LogP contribution in [0.2, 0.25) is 0 Å². The van der Waals surface area contributed by atoms with E-state index in [9.17, 15) is 10.5 Å². The minimum absolute atomic E-state index is 0.556. The number of benzene rings is 9. The van der Waals surface area contributed by atoms with Gasteiger partial charge in [-0.2, -0.15) is 10.5 Å². The van der Waals surface area contributed by atoms with Gasteiger partial charge in [0.2, 0.25) is 0 Å². The molecule has 0 amide bonds. The van der Waals surface area contributed by atoms with Crippen molar-refractivity contribution < 1.29 is 9.47 Å². The molecule has 0 unspecified atom stereocenters. The molecule has 9 aromatic carbocycles. The highest BCUT2D eigenvalue weighted by Crippen LogP contribution is 2.52. The average Bonchev–Trinajstić information content (AvgIpc) is 3.35. The lowest BCUT2D eigenvalue weighted by Crippen LogP contribution is -2.01. The van der Waals surface area contributed by atoms with E-state index in [0.29, 0.717) is 51.6 Å². The van der Waals surface area contributed by atoms with E-state index in [4.69, 9.17) is 24.4 Å². The Balaban J connectivity index is 1.01. The molecule has 0 atom stereocenters. The number of fused-ring (bicyclic) bond motifs is 4. The maximum Gasteiger partial charge on any atom is 0.170 e. The molecule has 288 valence electrons. The number of aromatic nitrogens is 3. The number of hydrogen-bond donors (Lipinski definition) is 0. The molecule has 0 saturated heterocycles. The van der Waals surface area contributed by atoms with E-state index in [1.54, 1.807) is 0 Å². The average molecular weight is 794 g/mol. The fraction of sp³-hybridized carbons (Fsp3) is 0. The molecular weight excluding hydrogens is 763 g/mol. The van der Waals surface area contributed by atoms with Crippen molar-refractivity contribution in [1.29, 1.82) is 10.5 Å². The summed E-state index contributed by atoms with van der Waals surface area (Å²) in [7, 11) is 0. The summed E-state index contributed by atoms with van der Waals surface area (Å²) in [5.74, 6) is 4.05. The Morgan fingerprint density at radius 3 is 1.26 bits per heavy atom. The highest BCUT2D eigenvalue weighted by Gasteiger charge is 2.25. The molecule has 0 bridgehead atoms. The molecule has 62 heavy (non-hydrogen) atoms. The van der Waals surface area contributed by atoms with Gasteiger partial charge in [0.1, 0.15) is 0 Å². The number of nitrogens with zero attached hydrogens (tertiary/aromatic N) is 5. The maximum atomic E-state index is 10.0. The molecule has 0 N–H and O–H groups in total. The second-order valence-electron chi connectivity index (χ2n) is 15.0. The van der Waals surface area contributed by atoms with Crippen LogP contribution in [0.25, 0.3) is 89.1 Å². The maximum absolute atomic E-state index is 10.0. The summed E-state index contributed by atoms with van der Waals surface area (Å²) < 4.78 is 13.4. The highest BCUT2D eigenvalue weighted by atomic mass is 16.6. The summed E-state index contributed by atoms with van der Waals surface area (Å²) in [6.45, 7) is 0. The van der Waals surface area contributed by atoms with Crippen LogP contribution in [-0.2, 0) is 0 Å². The van der Waals surface area contributed by atoms with Gasteiger partial charge in [-0.3, -0.25) is 0 Å². The Hall–Kier alpha value is -8.91. The fourth-order valence-corrected chi connectivity index (χ4v) is 8.29. The molecule has 1 aliphatic heterocycles. The number of hydrogen-bond acceptors (Lipinski definition) is 7. The van der Waals surface area contributed by atoms with Gasteiger partial charge in [-0.05, 0) is 86.6 Å². The summed E-state index contributed by atoms with van der Waals surface area (Å²) in [6.07, 6.45) is 0. The van der Waals surface area contributed by atoms with Gasteiger partial charge in [-0.15, -0.1) is 0 Å². The molecule has 1 aromatic heterocycles. The molecule has 0 saturated carbocycles. The van der Waals surface area contributed by atoms with E-state index in [2.05, 4.69) is 24.3 Å². The van der Waals surface area contributed by atoms with Crippen molar-refractivity contribution in [3.8, 4) is 103 Å². The summed E-state index contributed by atoms with van der Waals surface area (Å²) in [6, 6.07) is 66.4. The van der Waals surface area contributed by atoms with Crippen molar-refractivity contribution in [3.05, 3.63) is 199 Å². The predicted molar refractivity (Wildman–Crippen MR) is 243 cm³/mol. The smallest absolute Gasteiger partial charge is 0.170 e. The van der Waals surface area contributed by atoms with Crippen molar-refractivity contribution in [2.75, 3.05) is 0 Å². The summed E-state index contributed by atoms with van der Waals surface area (Å²) >= 11 is 0. The Bertz CT molecular complexity index is 3440. The highest BCUT2D eigenvalue weighted by molar-refractivity contribution is 6.08. The molecule has 2 heterocycles. The molecule has 11 rings (SSSR count). The van der Waals surface area contributed by atoms with E-state index in [-0.39, 0.29) is 0 Å². The van der Waals surface area contributed by atoms with Crippen LogP contribution < -0.4 is 9.47 Å². The molecular formula is C55H31N5O2. The molecule has 1 aliphatic rings. The zero-order valence-electron chi connectivity index (χ0n) is 33.0. The lowest BCUT2D eigenvalue weighted by molar-refractivity contribution is 0.360. The van der Waals surface area contributed by atoms with Crippen LogP contribution >= 0.6 is 0 Å². The van der Waals surface area contributed by atoms with E-state index in [1.165, 1.54) is 0 Å². The van der Waals surface area contributed by atoms with Crippen molar-refractivity contribution in [2.45, 2.75) is 0 Å². The van der Waals surface area contributed by atoms with Crippen molar-refractivity contribution in [3.63, 3.8) is 0 Å². The van der Waals surface area contributed by atoms with E-state index < -0.39 is 0 Å². The summed E-state index contributed by atoms with van der Waals surface area (Å²) in [5.41, 5.74) is 9.44. The third kappa shape index (κ3) is 6.35. The number of ether oxygens (including phenoxy) is 2. The van der Waals surface area contributed by atoms with Crippen molar-refractivity contribution in [1.82, 2.24) is 15.0 Å². The topological polar surface area (TPSA) is 105 Å². The Kier molecular flexibility index (Phi) is 8.78. The van der Waals surface area contributed by atoms with Crippen LogP contribution in [0.5, 0.6) is 23.0 Å². The number of rotatable bonds is 6. The van der Waals surface area contributed by atoms with E-state index in [0.717, 1.165) is 71.6 Å². The van der Waals surface area contributed by atoms with Crippen LogP contribution in [0.4, 0.5) is 0 Å². The van der Waals surface area contributed by atoms with Gasteiger partial charge < -0.3 is 9.47 Å². The van der Waals surface area contributed by atoms with Crippen molar-refractivity contribution >= 4 is 21.5 Å². The first-order valence-corrected chi connectivity index (χ1v) is 20.1. The van der Waals surface area contributed by atoms with Gasteiger partial charge in [0.15, 0.2) is 40.5 Å². The van der Waals surface area contributed by atoms with Gasteiger partial charge >= 0.3 is 0 Å². The number of nitriles is 2. The first-order chi connectivity index (χ1) is 30.6. The molecule has 7 heteroatoms. The van der Waals surface area contributed by atoms with Crippen LogP contribution in [0.15, 0.2) is 188 Å². The summed E-state index contributed by atoms with van der Waals surface area (Å²) in [5, 5.41) is 23.6. The third-order valence-corrected chi connectivity index (χ3v) is 11.3. The fourth-order valence-electron chi connectivity index (χ4n) is 8.29. The quantitative estimate of drug-likeness (QED) is 0.165. The largest absolute Gasteiger partial charge is 0.449 e. The molecule has 0 spiro atoms. The van der Waals surface area contributed by atoms with Gasteiger partial charge in [0, 0.05) is 27.5 Å². The van der Waals surface area contributed by atoms with E-state index in [1.807, 2.05) is 176 Å². The van der Waals surface area contributed by atoms with Crippen LogP contribution in [0.1, 0.15) is 11.1 Å². The minimum atomic E-state index is 0.556. The molecule has 10 aromatic rings. The SMILES string of the molecule is N#Cc1ccc(-c2cc3c(cc2-c2ccc(C#N)c4ccccc24)Oc2cc(-c4cccc(-c5nc(-c6ccccc6)nc(-c6ccccc6)n5)c4)ccc2O3)c2ccccc12. The van der Waals surface area contributed by atoms with Gasteiger partial charge in [0.25, 0.3) is 0 Å². The zero-order chi connectivity index (χ0) is 41.6. The third-order valence-electron chi connectivity index (χ3n) is 11.3. The molecule has 7 nitrogen and oxygen atoms in total. The monoisotopic (exact) mass is 793 g/mol. The molecule has 0 aliphatic carbocycles. The Morgan fingerprint density at radius 2 is 0.726 bits per heavy atom. The lowest BCUT2D eigenvalue weighted by atomic mass is 9.87. The summed E-state index contributed by atoms with van der Waals surface area (Å²) in [4.78, 5) is 14.8. The molecule has 0 radical (unpaired) electrons. The minimum Gasteiger partial charge on any atom is -0.449 e. The van der Waals surface area contributed by atoms with Gasteiger partial charge in [-0.1, -0.05) is 146 Å². The first-order valence-electron chi connectivity index (χ1n) is 20.1.